The molecule has 3 heterocycles. The van der Waals surface area contributed by atoms with E-state index in [2.05, 4.69) is 15.8 Å². The molecule has 2 saturated heterocycles. The summed E-state index contributed by atoms with van der Waals surface area (Å²) in [5.74, 6) is 4.91. The zero-order valence-electron chi connectivity index (χ0n) is 21.4. The van der Waals surface area contributed by atoms with E-state index in [-0.39, 0.29) is 29.9 Å². The second-order valence-electron chi connectivity index (χ2n) is 11.9. The molecule has 2 aliphatic carbocycles. The fourth-order valence-corrected chi connectivity index (χ4v) is 8.91. The van der Waals surface area contributed by atoms with E-state index in [1.807, 2.05) is 28.8 Å². The Hall–Kier alpha value is -1.97. The largest absolute Gasteiger partial charge is 0.325 e. The second-order valence-corrected chi connectivity index (χ2v) is 13.7. The first-order chi connectivity index (χ1) is 17.8. The fraction of sp³-hybridized carbons (Fsp3) is 0.655. The van der Waals surface area contributed by atoms with Gasteiger partial charge in [-0.1, -0.05) is 25.0 Å². The van der Waals surface area contributed by atoms with Gasteiger partial charge in [0.05, 0.1) is 17.2 Å². The molecule has 7 atom stereocenters. The molecule has 2 saturated carbocycles. The molecule has 4 aliphatic rings. The Kier molecular flexibility index (Phi) is 6.82. The van der Waals surface area contributed by atoms with Gasteiger partial charge in [-0.15, -0.1) is 12.3 Å². The number of fused-ring (bicyclic) bond motifs is 5. The molecule has 4 bridgehead atoms. The molecule has 198 valence electrons. The Morgan fingerprint density at radius 2 is 1.59 bits per heavy atom. The molecule has 37 heavy (non-hydrogen) atoms. The van der Waals surface area contributed by atoms with Crippen LogP contribution >= 0.6 is 7.60 Å². The number of piperidine rings is 2. The minimum absolute atomic E-state index is 0.0131. The van der Waals surface area contributed by atoms with E-state index in [0.717, 1.165) is 23.9 Å². The van der Waals surface area contributed by atoms with Crippen molar-refractivity contribution in [1.82, 2.24) is 14.5 Å². The lowest BCUT2D eigenvalue weighted by Crippen LogP contribution is -2.59. The van der Waals surface area contributed by atoms with Crippen LogP contribution in [0.3, 0.4) is 0 Å². The highest BCUT2D eigenvalue weighted by Gasteiger charge is 2.47. The maximum Gasteiger partial charge on any atom is 0.325 e. The molecule has 1 aromatic heterocycles. The highest BCUT2D eigenvalue weighted by Crippen LogP contribution is 2.49. The van der Waals surface area contributed by atoms with Crippen molar-refractivity contribution in [3.63, 3.8) is 0 Å². The van der Waals surface area contributed by atoms with Crippen LogP contribution in [0.1, 0.15) is 75.9 Å². The van der Waals surface area contributed by atoms with Gasteiger partial charge in [-0.2, -0.15) is 0 Å². The summed E-state index contributed by atoms with van der Waals surface area (Å²) >= 11 is 0. The van der Waals surface area contributed by atoms with Crippen LogP contribution in [-0.4, -0.2) is 48.5 Å². The van der Waals surface area contributed by atoms with Gasteiger partial charge in [0, 0.05) is 36.5 Å². The van der Waals surface area contributed by atoms with Crippen LogP contribution in [0.2, 0.25) is 0 Å². The van der Waals surface area contributed by atoms with Crippen molar-refractivity contribution in [3.8, 4) is 12.3 Å². The number of aryl methyl sites for hydroxylation is 1. The number of terminal acetylenes is 1. The van der Waals surface area contributed by atoms with Gasteiger partial charge in [-0.05, 0) is 75.3 Å². The first-order valence-electron chi connectivity index (χ1n) is 14.1. The molecule has 2 aliphatic heterocycles. The third kappa shape index (κ3) is 4.83. The normalized spacial score (nSPS) is 34.2. The Balaban J connectivity index is 1.30. The third-order valence-corrected chi connectivity index (χ3v) is 10.6. The standard InChI is InChI=1S/C29H38N3O4P/c1-2-25-19-7-5-8-20(25)16-23(15-19)31-21-9-6-10-22(31)18-24(17-21)32-28-12-4-3-11-26(28)30-27(29(32)33)13-14-37(34,35)36/h1,3-4,11-12,19-25H,5-10,13-18H2,(H2,34,35,36)/t19-,20+,21-,22+,23-,24+,25?. The number of benzene rings is 1. The average molecular weight is 524 g/mol. The predicted octanol–water partition coefficient (Wildman–Crippen LogP) is 4.50. The molecule has 1 aromatic carbocycles. The smallest absolute Gasteiger partial charge is 0.324 e. The third-order valence-electron chi connectivity index (χ3n) is 9.80. The Bertz CT molecular complexity index is 1280. The molecular weight excluding hydrogens is 485 g/mol. The number of para-hydroxylation sites is 2. The van der Waals surface area contributed by atoms with Crippen molar-refractivity contribution < 1.29 is 14.4 Å². The summed E-state index contributed by atoms with van der Waals surface area (Å²) in [6, 6.07) is 9.28. The fourth-order valence-electron chi connectivity index (χ4n) is 8.40. The van der Waals surface area contributed by atoms with Gasteiger partial charge in [-0.3, -0.25) is 14.3 Å². The summed E-state index contributed by atoms with van der Waals surface area (Å²) in [5.41, 5.74) is 1.62. The molecule has 6 rings (SSSR count). The van der Waals surface area contributed by atoms with Crippen LogP contribution in [0, 0.1) is 30.1 Å². The van der Waals surface area contributed by atoms with Crippen molar-refractivity contribution in [1.29, 1.82) is 0 Å². The predicted molar refractivity (Wildman–Crippen MR) is 144 cm³/mol. The van der Waals surface area contributed by atoms with Crippen LogP contribution in [0.4, 0.5) is 0 Å². The first kappa shape index (κ1) is 25.3. The molecule has 0 spiro atoms. The quantitative estimate of drug-likeness (QED) is 0.443. The highest BCUT2D eigenvalue weighted by atomic mass is 31.2. The van der Waals surface area contributed by atoms with Crippen molar-refractivity contribution in [2.45, 2.75) is 94.8 Å². The van der Waals surface area contributed by atoms with E-state index in [9.17, 15) is 19.1 Å². The summed E-state index contributed by atoms with van der Waals surface area (Å²) in [5, 5.41) is 0. The lowest BCUT2D eigenvalue weighted by molar-refractivity contribution is -0.0566. The zero-order chi connectivity index (χ0) is 25.7. The van der Waals surface area contributed by atoms with E-state index in [0.29, 0.717) is 35.9 Å². The average Bonchev–Trinajstić information content (AvgIpc) is 2.85. The number of hydrogen-bond donors (Lipinski definition) is 2. The van der Waals surface area contributed by atoms with E-state index in [1.165, 1.54) is 51.4 Å². The van der Waals surface area contributed by atoms with Gasteiger partial charge in [0.2, 0.25) is 0 Å². The van der Waals surface area contributed by atoms with Crippen molar-refractivity contribution in [3.05, 3.63) is 40.3 Å². The van der Waals surface area contributed by atoms with Gasteiger partial charge in [-0.25, -0.2) is 4.98 Å². The molecule has 4 fully saturated rings. The molecular formula is C29H38N3O4P. The summed E-state index contributed by atoms with van der Waals surface area (Å²) in [6.07, 6.45) is 17.3. The van der Waals surface area contributed by atoms with Crippen LogP contribution in [-0.2, 0) is 11.0 Å². The van der Waals surface area contributed by atoms with Crippen LogP contribution in [0.15, 0.2) is 29.1 Å². The van der Waals surface area contributed by atoms with Crippen molar-refractivity contribution in [2.24, 2.45) is 17.8 Å². The van der Waals surface area contributed by atoms with Gasteiger partial charge in [0.1, 0.15) is 5.69 Å². The highest BCUT2D eigenvalue weighted by molar-refractivity contribution is 7.51. The number of hydrogen-bond acceptors (Lipinski definition) is 4. The van der Waals surface area contributed by atoms with E-state index >= 15 is 0 Å². The number of aromatic nitrogens is 2. The summed E-state index contributed by atoms with van der Waals surface area (Å²) in [6.45, 7) is 0. The van der Waals surface area contributed by atoms with E-state index in [1.54, 1.807) is 0 Å². The minimum Gasteiger partial charge on any atom is -0.324 e. The summed E-state index contributed by atoms with van der Waals surface area (Å²) < 4.78 is 13.5. The molecule has 7 nitrogen and oxygen atoms in total. The lowest BCUT2D eigenvalue weighted by Gasteiger charge is -2.56. The molecule has 2 N–H and O–H groups in total. The Labute approximate surface area is 218 Å². The molecule has 1 unspecified atom stereocenters. The summed E-state index contributed by atoms with van der Waals surface area (Å²) in [7, 11) is -4.22. The zero-order valence-corrected chi connectivity index (χ0v) is 22.3. The van der Waals surface area contributed by atoms with Crippen molar-refractivity contribution >= 4 is 18.6 Å². The van der Waals surface area contributed by atoms with Gasteiger partial charge in [0.25, 0.3) is 5.56 Å². The van der Waals surface area contributed by atoms with Gasteiger partial charge < -0.3 is 14.4 Å². The molecule has 2 aromatic rings. The lowest BCUT2D eigenvalue weighted by atomic mass is 9.62. The maximum absolute atomic E-state index is 13.7. The number of rotatable bonds is 5. The van der Waals surface area contributed by atoms with Crippen molar-refractivity contribution in [2.75, 3.05) is 6.16 Å². The van der Waals surface area contributed by atoms with E-state index in [4.69, 9.17) is 6.42 Å². The second kappa shape index (κ2) is 9.97. The monoisotopic (exact) mass is 523 g/mol. The minimum atomic E-state index is -4.22. The molecule has 0 amide bonds. The molecule has 8 heteroatoms. The van der Waals surface area contributed by atoms with E-state index < -0.39 is 7.60 Å². The van der Waals surface area contributed by atoms with Crippen LogP contribution < -0.4 is 5.56 Å². The molecule has 0 radical (unpaired) electrons. The first-order valence-corrected chi connectivity index (χ1v) is 15.9. The van der Waals surface area contributed by atoms with Gasteiger partial charge in [0.15, 0.2) is 0 Å². The summed E-state index contributed by atoms with van der Waals surface area (Å²) in [4.78, 5) is 39.9. The van der Waals surface area contributed by atoms with Crippen LogP contribution in [0.25, 0.3) is 11.0 Å². The Morgan fingerprint density at radius 3 is 2.24 bits per heavy atom. The topological polar surface area (TPSA) is 95.7 Å². The Morgan fingerprint density at radius 1 is 0.946 bits per heavy atom. The maximum atomic E-state index is 13.7. The number of nitrogens with zero attached hydrogens (tertiary/aromatic N) is 3. The SMILES string of the molecule is C#CC1[C@@H]2CCC[C@H]1C[C@H](N1[C@@H]3CCC[C@H]1C[C@@H](n1c(=O)c(CCP(=O)(O)O)nc4ccccc41)C3)C2. The van der Waals surface area contributed by atoms with Gasteiger partial charge >= 0.3 is 7.60 Å². The van der Waals surface area contributed by atoms with Crippen LogP contribution in [0.5, 0.6) is 0 Å².